The second kappa shape index (κ2) is 9.18. The van der Waals surface area contributed by atoms with Crippen LogP contribution in [0.1, 0.15) is 20.3 Å². The van der Waals surface area contributed by atoms with E-state index < -0.39 is 9.84 Å². The van der Waals surface area contributed by atoms with Crippen LogP contribution in [0, 0.1) is 5.92 Å². The topological polar surface area (TPSA) is 105 Å². The van der Waals surface area contributed by atoms with E-state index in [1.54, 1.807) is 38.1 Å². The molecule has 27 heavy (non-hydrogen) atoms. The highest BCUT2D eigenvalue weighted by Gasteiger charge is 2.34. The predicted molar refractivity (Wildman–Crippen MR) is 105 cm³/mol. The number of sulfone groups is 1. The third kappa shape index (κ3) is 6.21. The first kappa shape index (κ1) is 21.2. The lowest BCUT2D eigenvalue weighted by atomic mass is 10.2. The van der Waals surface area contributed by atoms with Crippen molar-refractivity contribution in [3.05, 3.63) is 24.3 Å². The number of methoxy groups -OCH3 is 1. The van der Waals surface area contributed by atoms with Gasteiger partial charge in [-0.05, 0) is 24.6 Å². The van der Waals surface area contributed by atoms with Gasteiger partial charge < -0.3 is 20.3 Å². The highest BCUT2D eigenvalue weighted by Crippen LogP contribution is 2.20. The number of ether oxygens (including phenoxy) is 1. The first-order valence-electron chi connectivity index (χ1n) is 8.90. The number of rotatable bonds is 7. The van der Waals surface area contributed by atoms with E-state index in [1.165, 1.54) is 12.0 Å². The molecule has 0 aromatic heterocycles. The molecule has 9 heteroatoms. The van der Waals surface area contributed by atoms with Crippen LogP contribution < -0.4 is 10.6 Å². The van der Waals surface area contributed by atoms with Gasteiger partial charge in [0.2, 0.25) is 5.91 Å². The maximum absolute atomic E-state index is 12.7. The van der Waals surface area contributed by atoms with Crippen LogP contribution in [0.3, 0.4) is 0 Å². The van der Waals surface area contributed by atoms with E-state index in [0.29, 0.717) is 30.9 Å². The molecular weight excluding hydrogens is 370 g/mol. The molecular formula is C18H27N3O5S. The molecule has 8 nitrogen and oxygen atoms in total. The lowest BCUT2D eigenvalue weighted by Crippen LogP contribution is -2.45. The minimum atomic E-state index is -3.11. The molecule has 0 saturated carbocycles. The van der Waals surface area contributed by atoms with Gasteiger partial charge in [-0.3, -0.25) is 4.79 Å². The zero-order valence-electron chi connectivity index (χ0n) is 15.9. The summed E-state index contributed by atoms with van der Waals surface area (Å²) in [7, 11) is -1.58. The van der Waals surface area contributed by atoms with Crippen LogP contribution in [-0.2, 0) is 19.4 Å². The zero-order valence-corrected chi connectivity index (χ0v) is 16.7. The van der Waals surface area contributed by atoms with Gasteiger partial charge in [-0.2, -0.15) is 0 Å². The molecule has 1 fully saturated rings. The van der Waals surface area contributed by atoms with Crippen molar-refractivity contribution in [1.29, 1.82) is 0 Å². The zero-order chi connectivity index (χ0) is 20.0. The molecule has 1 heterocycles. The van der Waals surface area contributed by atoms with E-state index in [1.807, 2.05) is 0 Å². The molecule has 0 radical (unpaired) electrons. The molecule has 2 N–H and O–H groups in total. The Morgan fingerprint density at radius 3 is 2.48 bits per heavy atom. The number of hydrogen-bond donors (Lipinski definition) is 2. The van der Waals surface area contributed by atoms with E-state index in [4.69, 9.17) is 4.74 Å². The Bertz CT molecular complexity index is 779. The quantitative estimate of drug-likeness (QED) is 0.732. The number of carbonyl (C=O) groups excluding carboxylic acids is 2. The molecule has 1 aromatic rings. The molecule has 2 rings (SSSR count). The fourth-order valence-corrected chi connectivity index (χ4v) is 4.55. The summed E-state index contributed by atoms with van der Waals surface area (Å²) in [5.74, 6) is -0.215. The molecule has 150 valence electrons. The standard InChI is InChI=1S/C18H27N3O5S/c1-13(2)17(22)19-14-5-4-6-15(11-14)20-18(23)21(8-9-26-3)16-7-10-27(24,25)12-16/h4-6,11,13,16H,7-10,12H2,1-3H3,(H,19,22)(H,20,23)/t16-/m0/s1. The first-order valence-corrected chi connectivity index (χ1v) is 10.7. The Kier molecular flexibility index (Phi) is 7.20. The van der Waals surface area contributed by atoms with Gasteiger partial charge in [0.25, 0.3) is 0 Å². The van der Waals surface area contributed by atoms with Gasteiger partial charge in [0.1, 0.15) is 0 Å². The average Bonchev–Trinajstić information content (AvgIpc) is 2.95. The van der Waals surface area contributed by atoms with Gasteiger partial charge in [-0.25, -0.2) is 13.2 Å². The molecule has 0 bridgehead atoms. The van der Waals surface area contributed by atoms with Crippen molar-refractivity contribution in [3.8, 4) is 0 Å². The van der Waals surface area contributed by atoms with Crippen molar-refractivity contribution in [3.63, 3.8) is 0 Å². The molecule has 0 aliphatic carbocycles. The Morgan fingerprint density at radius 2 is 1.93 bits per heavy atom. The third-order valence-electron chi connectivity index (χ3n) is 4.35. The number of nitrogens with one attached hydrogen (secondary N) is 2. The van der Waals surface area contributed by atoms with Crippen molar-refractivity contribution >= 4 is 33.2 Å². The van der Waals surface area contributed by atoms with Crippen LogP contribution in [0.4, 0.5) is 16.2 Å². The molecule has 1 atom stereocenters. The summed E-state index contributed by atoms with van der Waals surface area (Å²) in [4.78, 5) is 26.1. The van der Waals surface area contributed by atoms with Crippen molar-refractivity contribution < 1.29 is 22.7 Å². The molecule has 3 amide bonds. The Hall–Kier alpha value is -2.13. The van der Waals surface area contributed by atoms with Gasteiger partial charge in [0.15, 0.2) is 9.84 Å². The molecule has 1 aromatic carbocycles. The van der Waals surface area contributed by atoms with E-state index in [2.05, 4.69) is 10.6 Å². The number of anilines is 2. The van der Waals surface area contributed by atoms with Gasteiger partial charge in [0.05, 0.1) is 18.1 Å². The summed E-state index contributed by atoms with van der Waals surface area (Å²) in [6, 6.07) is 6.09. The monoisotopic (exact) mass is 397 g/mol. The van der Waals surface area contributed by atoms with Gasteiger partial charge in [-0.1, -0.05) is 19.9 Å². The summed E-state index contributed by atoms with van der Waals surface area (Å²) in [5, 5.41) is 5.56. The first-order chi connectivity index (χ1) is 12.7. The minimum Gasteiger partial charge on any atom is -0.383 e. The minimum absolute atomic E-state index is 0.0331. The number of nitrogens with zero attached hydrogens (tertiary/aromatic N) is 1. The highest BCUT2D eigenvalue weighted by atomic mass is 32.2. The molecule has 0 unspecified atom stereocenters. The number of hydrogen-bond acceptors (Lipinski definition) is 5. The fourth-order valence-electron chi connectivity index (χ4n) is 2.82. The van der Waals surface area contributed by atoms with Crippen LogP contribution in [0.5, 0.6) is 0 Å². The number of carbonyl (C=O) groups is 2. The van der Waals surface area contributed by atoms with Crippen molar-refractivity contribution in [1.82, 2.24) is 4.90 Å². The lowest BCUT2D eigenvalue weighted by Gasteiger charge is -2.28. The molecule has 1 saturated heterocycles. The van der Waals surface area contributed by atoms with Crippen LogP contribution in [0.25, 0.3) is 0 Å². The van der Waals surface area contributed by atoms with E-state index in [9.17, 15) is 18.0 Å². The highest BCUT2D eigenvalue weighted by molar-refractivity contribution is 7.91. The smallest absolute Gasteiger partial charge is 0.322 e. The third-order valence-corrected chi connectivity index (χ3v) is 6.10. The van der Waals surface area contributed by atoms with Crippen LogP contribution in [0.15, 0.2) is 24.3 Å². The Morgan fingerprint density at radius 1 is 1.26 bits per heavy atom. The lowest BCUT2D eigenvalue weighted by molar-refractivity contribution is -0.118. The van der Waals surface area contributed by atoms with Gasteiger partial charge >= 0.3 is 6.03 Å². The second-order valence-electron chi connectivity index (χ2n) is 6.90. The van der Waals surface area contributed by atoms with E-state index in [-0.39, 0.29) is 35.4 Å². The fraction of sp³-hybridized carbons (Fsp3) is 0.556. The number of amides is 3. The summed E-state index contributed by atoms with van der Waals surface area (Å²) in [6.45, 7) is 4.20. The number of benzene rings is 1. The van der Waals surface area contributed by atoms with Crippen LogP contribution in [0.2, 0.25) is 0 Å². The van der Waals surface area contributed by atoms with Crippen LogP contribution in [-0.4, -0.2) is 63.1 Å². The van der Waals surface area contributed by atoms with Crippen LogP contribution >= 0.6 is 0 Å². The van der Waals surface area contributed by atoms with E-state index >= 15 is 0 Å². The Balaban J connectivity index is 2.09. The van der Waals surface area contributed by atoms with Gasteiger partial charge in [0, 0.05) is 37.0 Å². The SMILES string of the molecule is COCCN(C(=O)Nc1cccc(NC(=O)C(C)C)c1)[C@H]1CCS(=O)(=O)C1. The average molecular weight is 397 g/mol. The largest absolute Gasteiger partial charge is 0.383 e. The number of urea groups is 1. The molecule has 1 aliphatic heterocycles. The normalized spacial score (nSPS) is 18.3. The maximum Gasteiger partial charge on any atom is 0.322 e. The van der Waals surface area contributed by atoms with Gasteiger partial charge in [-0.15, -0.1) is 0 Å². The summed E-state index contributed by atoms with van der Waals surface area (Å²) < 4.78 is 28.6. The molecule has 0 spiro atoms. The maximum atomic E-state index is 12.7. The second-order valence-corrected chi connectivity index (χ2v) is 9.13. The van der Waals surface area contributed by atoms with Crippen molar-refractivity contribution in [2.45, 2.75) is 26.3 Å². The summed E-state index contributed by atoms with van der Waals surface area (Å²) in [5.41, 5.74) is 1.10. The predicted octanol–water partition coefficient (Wildman–Crippen LogP) is 1.95. The van der Waals surface area contributed by atoms with Crippen molar-refractivity contribution in [2.24, 2.45) is 5.92 Å². The molecule has 1 aliphatic rings. The van der Waals surface area contributed by atoms with E-state index in [0.717, 1.165) is 0 Å². The van der Waals surface area contributed by atoms with Crippen molar-refractivity contribution in [2.75, 3.05) is 42.4 Å². The summed E-state index contributed by atoms with van der Waals surface area (Å²) in [6.07, 6.45) is 0.421. The Labute approximate surface area is 160 Å². The summed E-state index contributed by atoms with van der Waals surface area (Å²) >= 11 is 0.